The van der Waals surface area contributed by atoms with Gasteiger partial charge < -0.3 is 15.4 Å². The Bertz CT molecular complexity index is 210. The molecule has 0 aromatic heterocycles. The van der Waals surface area contributed by atoms with Gasteiger partial charge in [0, 0.05) is 25.0 Å². The van der Waals surface area contributed by atoms with E-state index in [1.165, 1.54) is 6.26 Å². The van der Waals surface area contributed by atoms with Crippen molar-refractivity contribution in [3.8, 4) is 0 Å². The number of carbonyl (C=O) groups is 1. The Hall–Kier alpha value is -1.03. The van der Waals surface area contributed by atoms with E-state index in [1.54, 1.807) is 0 Å². The molecule has 16 heavy (non-hydrogen) atoms. The van der Waals surface area contributed by atoms with Crippen molar-refractivity contribution in [2.24, 2.45) is 0 Å². The lowest BCUT2D eigenvalue weighted by atomic mass is 10.1. The molecule has 94 valence electrons. The van der Waals surface area contributed by atoms with E-state index in [0.29, 0.717) is 26.1 Å². The Morgan fingerprint density at radius 3 is 2.62 bits per heavy atom. The van der Waals surface area contributed by atoms with E-state index in [9.17, 15) is 4.79 Å². The minimum absolute atomic E-state index is 0.0675. The second-order valence-electron chi connectivity index (χ2n) is 4.67. The Kier molecular flexibility index (Phi) is 7.64. The van der Waals surface area contributed by atoms with Gasteiger partial charge in [0.05, 0.1) is 12.9 Å². The van der Waals surface area contributed by atoms with Crippen molar-refractivity contribution in [2.75, 3.05) is 19.7 Å². The normalized spacial score (nSPS) is 10.9. The lowest BCUT2D eigenvalue weighted by Crippen LogP contribution is -2.38. The van der Waals surface area contributed by atoms with Crippen LogP contribution in [0, 0.1) is 0 Å². The van der Waals surface area contributed by atoms with E-state index in [-0.39, 0.29) is 11.4 Å². The SMILES string of the molecule is C=COCCCNC(=O)CCNC(C)(C)C. The summed E-state index contributed by atoms with van der Waals surface area (Å²) in [6.07, 6.45) is 2.74. The highest BCUT2D eigenvalue weighted by Gasteiger charge is 2.08. The van der Waals surface area contributed by atoms with Crippen molar-refractivity contribution in [2.45, 2.75) is 39.2 Å². The highest BCUT2D eigenvalue weighted by Crippen LogP contribution is 1.97. The largest absolute Gasteiger partial charge is 0.502 e. The molecule has 0 aromatic rings. The third-order valence-corrected chi connectivity index (χ3v) is 1.89. The third-order valence-electron chi connectivity index (χ3n) is 1.89. The van der Waals surface area contributed by atoms with Gasteiger partial charge in [0.15, 0.2) is 0 Å². The maximum atomic E-state index is 11.3. The molecule has 0 aliphatic heterocycles. The van der Waals surface area contributed by atoms with Gasteiger partial charge in [-0.1, -0.05) is 6.58 Å². The molecule has 0 radical (unpaired) electrons. The van der Waals surface area contributed by atoms with Crippen molar-refractivity contribution in [3.05, 3.63) is 12.8 Å². The molecule has 0 unspecified atom stereocenters. The lowest BCUT2D eigenvalue weighted by molar-refractivity contribution is -0.121. The number of hydrogen-bond acceptors (Lipinski definition) is 3. The zero-order valence-corrected chi connectivity index (χ0v) is 10.6. The molecule has 2 N–H and O–H groups in total. The molecule has 0 aliphatic rings. The zero-order chi connectivity index (χ0) is 12.4. The fourth-order valence-electron chi connectivity index (χ4n) is 1.11. The van der Waals surface area contributed by atoms with Crippen molar-refractivity contribution in [1.82, 2.24) is 10.6 Å². The second-order valence-corrected chi connectivity index (χ2v) is 4.67. The Labute approximate surface area is 98.4 Å². The summed E-state index contributed by atoms with van der Waals surface area (Å²) < 4.78 is 4.94. The van der Waals surface area contributed by atoms with Crippen molar-refractivity contribution in [3.63, 3.8) is 0 Å². The minimum Gasteiger partial charge on any atom is -0.502 e. The monoisotopic (exact) mass is 228 g/mol. The smallest absolute Gasteiger partial charge is 0.221 e. The summed E-state index contributed by atoms with van der Waals surface area (Å²) in [4.78, 5) is 11.3. The summed E-state index contributed by atoms with van der Waals surface area (Å²) in [6.45, 7) is 11.6. The van der Waals surface area contributed by atoms with Gasteiger partial charge in [-0.2, -0.15) is 0 Å². The molecule has 0 saturated heterocycles. The van der Waals surface area contributed by atoms with Gasteiger partial charge >= 0.3 is 0 Å². The molecule has 0 rings (SSSR count). The average molecular weight is 228 g/mol. The van der Waals surface area contributed by atoms with Crippen molar-refractivity contribution < 1.29 is 9.53 Å². The van der Waals surface area contributed by atoms with E-state index in [1.807, 2.05) is 0 Å². The Morgan fingerprint density at radius 2 is 2.06 bits per heavy atom. The van der Waals surface area contributed by atoms with Crippen LogP contribution in [0.25, 0.3) is 0 Å². The first-order valence-electron chi connectivity index (χ1n) is 5.70. The first kappa shape index (κ1) is 15.0. The fraction of sp³-hybridized carbons (Fsp3) is 0.750. The van der Waals surface area contributed by atoms with Crippen LogP contribution < -0.4 is 10.6 Å². The van der Waals surface area contributed by atoms with E-state index in [0.717, 1.165) is 6.42 Å². The molecule has 0 aliphatic carbocycles. The number of amides is 1. The summed E-state index contributed by atoms with van der Waals surface area (Å²) in [7, 11) is 0. The van der Waals surface area contributed by atoms with Gasteiger partial charge in [-0.15, -0.1) is 0 Å². The van der Waals surface area contributed by atoms with Crippen LogP contribution in [0.1, 0.15) is 33.6 Å². The van der Waals surface area contributed by atoms with E-state index < -0.39 is 0 Å². The molecule has 1 amide bonds. The van der Waals surface area contributed by atoms with Crippen LogP contribution in [-0.2, 0) is 9.53 Å². The molecule has 0 saturated carbocycles. The molecule has 4 nitrogen and oxygen atoms in total. The minimum atomic E-state index is 0.0675. The van der Waals surface area contributed by atoms with Gasteiger partial charge in [0.1, 0.15) is 0 Å². The van der Waals surface area contributed by atoms with Crippen LogP contribution in [0.4, 0.5) is 0 Å². The van der Waals surface area contributed by atoms with Gasteiger partial charge in [0.2, 0.25) is 5.91 Å². The molecular formula is C12H24N2O2. The van der Waals surface area contributed by atoms with Crippen LogP contribution >= 0.6 is 0 Å². The van der Waals surface area contributed by atoms with E-state index in [2.05, 4.69) is 38.0 Å². The summed E-state index contributed by atoms with van der Waals surface area (Å²) in [5.41, 5.74) is 0.0675. The second kappa shape index (κ2) is 8.16. The van der Waals surface area contributed by atoms with Gasteiger partial charge in [-0.3, -0.25) is 4.79 Å². The number of hydrogen-bond donors (Lipinski definition) is 2. The highest BCUT2D eigenvalue weighted by atomic mass is 16.5. The maximum absolute atomic E-state index is 11.3. The third kappa shape index (κ3) is 11.0. The predicted molar refractivity (Wildman–Crippen MR) is 66.1 cm³/mol. The summed E-state index contributed by atoms with van der Waals surface area (Å²) in [6, 6.07) is 0. The average Bonchev–Trinajstić information content (AvgIpc) is 2.15. The number of rotatable bonds is 8. The molecule has 0 bridgehead atoms. The van der Waals surface area contributed by atoms with Crippen LogP contribution in [0.15, 0.2) is 12.8 Å². The molecule has 4 heteroatoms. The summed E-state index contributed by atoms with van der Waals surface area (Å²) in [5, 5.41) is 6.10. The first-order valence-corrected chi connectivity index (χ1v) is 5.70. The molecular weight excluding hydrogens is 204 g/mol. The van der Waals surface area contributed by atoms with Crippen LogP contribution in [0.3, 0.4) is 0 Å². The van der Waals surface area contributed by atoms with Crippen LogP contribution in [0.5, 0.6) is 0 Å². The number of ether oxygens (including phenoxy) is 1. The molecule has 0 aromatic carbocycles. The maximum Gasteiger partial charge on any atom is 0.221 e. The quantitative estimate of drug-likeness (QED) is 0.488. The van der Waals surface area contributed by atoms with Crippen molar-refractivity contribution in [1.29, 1.82) is 0 Å². The van der Waals surface area contributed by atoms with E-state index >= 15 is 0 Å². The van der Waals surface area contributed by atoms with Gasteiger partial charge in [-0.25, -0.2) is 0 Å². The zero-order valence-electron chi connectivity index (χ0n) is 10.6. The number of carbonyl (C=O) groups excluding carboxylic acids is 1. The topological polar surface area (TPSA) is 50.4 Å². The van der Waals surface area contributed by atoms with Gasteiger partial charge in [0.25, 0.3) is 0 Å². The summed E-state index contributed by atoms with van der Waals surface area (Å²) >= 11 is 0. The molecule has 0 fully saturated rings. The fourth-order valence-corrected chi connectivity index (χ4v) is 1.11. The Balaban J connectivity index is 3.35. The standard InChI is InChI=1S/C12H24N2O2/c1-5-16-10-6-8-13-11(15)7-9-14-12(2,3)4/h5,14H,1,6-10H2,2-4H3,(H,13,15). The lowest BCUT2D eigenvalue weighted by Gasteiger charge is -2.20. The molecule has 0 atom stereocenters. The van der Waals surface area contributed by atoms with Crippen molar-refractivity contribution >= 4 is 5.91 Å². The summed E-state index contributed by atoms with van der Waals surface area (Å²) in [5.74, 6) is 0.0790. The van der Waals surface area contributed by atoms with E-state index in [4.69, 9.17) is 4.74 Å². The molecule has 0 heterocycles. The van der Waals surface area contributed by atoms with Gasteiger partial charge in [-0.05, 0) is 27.2 Å². The van der Waals surface area contributed by atoms with Crippen LogP contribution in [0.2, 0.25) is 0 Å². The molecule has 0 spiro atoms. The predicted octanol–water partition coefficient (Wildman–Crippen LogP) is 1.43. The highest BCUT2D eigenvalue weighted by molar-refractivity contribution is 5.75. The number of nitrogens with one attached hydrogen (secondary N) is 2. The van der Waals surface area contributed by atoms with Crippen LogP contribution in [-0.4, -0.2) is 31.1 Å². The Morgan fingerprint density at radius 1 is 1.38 bits per heavy atom. The first-order chi connectivity index (χ1) is 7.45.